The van der Waals surface area contributed by atoms with E-state index in [4.69, 9.17) is 9.16 Å². The largest absolute Gasteiger partial charge is 0.405 e. The van der Waals surface area contributed by atoms with Gasteiger partial charge in [0.25, 0.3) is 8.32 Å². The third kappa shape index (κ3) is 5.17. The Labute approximate surface area is 164 Å². The zero-order chi connectivity index (χ0) is 19.8. The van der Waals surface area contributed by atoms with Crippen LogP contribution in [-0.4, -0.2) is 39.3 Å². The standard InChI is InChI=1S/C23H32O3Si/c1-5-18-25-20(16-17-24)19-26-27(23(2,3)4,21-12-8-6-9-13-21)22-14-10-7-11-15-22/h5-15,20,24H,1,16-19H2,2-4H3/t20-/m1/s1. The first-order valence-corrected chi connectivity index (χ1v) is 11.4. The molecule has 2 aromatic carbocycles. The minimum Gasteiger partial charge on any atom is -0.405 e. The van der Waals surface area contributed by atoms with Crippen molar-refractivity contribution < 1.29 is 14.3 Å². The number of rotatable bonds is 10. The molecule has 4 heteroatoms. The number of aliphatic hydroxyl groups is 1. The summed E-state index contributed by atoms with van der Waals surface area (Å²) in [7, 11) is -2.57. The number of hydrogen-bond donors (Lipinski definition) is 1. The normalized spacial score (nSPS) is 13.3. The van der Waals surface area contributed by atoms with Crippen LogP contribution in [0.1, 0.15) is 27.2 Å². The van der Waals surface area contributed by atoms with E-state index in [0.29, 0.717) is 19.6 Å². The molecule has 3 nitrogen and oxygen atoms in total. The molecule has 0 spiro atoms. The Bertz CT molecular complexity index is 640. The zero-order valence-corrected chi connectivity index (χ0v) is 17.7. The van der Waals surface area contributed by atoms with Gasteiger partial charge in [0.2, 0.25) is 0 Å². The van der Waals surface area contributed by atoms with Gasteiger partial charge in [0.05, 0.1) is 19.3 Å². The van der Waals surface area contributed by atoms with Gasteiger partial charge in [0, 0.05) is 6.61 Å². The molecule has 0 unspecified atom stereocenters. The van der Waals surface area contributed by atoms with Gasteiger partial charge in [-0.25, -0.2) is 0 Å². The van der Waals surface area contributed by atoms with Gasteiger partial charge in [-0.1, -0.05) is 87.5 Å². The summed E-state index contributed by atoms with van der Waals surface area (Å²) < 4.78 is 12.7. The zero-order valence-electron chi connectivity index (χ0n) is 16.7. The second-order valence-corrected chi connectivity index (χ2v) is 12.0. The number of benzene rings is 2. The Hall–Kier alpha value is -1.72. The van der Waals surface area contributed by atoms with E-state index in [1.807, 2.05) is 12.1 Å². The van der Waals surface area contributed by atoms with E-state index < -0.39 is 8.32 Å². The summed E-state index contributed by atoms with van der Waals surface area (Å²) >= 11 is 0. The van der Waals surface area contributed by atoms with Gasteiger partial charge in [-0.2, -0.15) is 0 Å². The van der Waals surface area contributed by atoms with Crippen molar-refractivity contribution in [1.82, 2.24) is 0 Å². The second kappa shape index (κ2) is 9.99. The molecule has 0 saturated carbocycles. The minimum absolute atomic E-state index is 0.0715. The van der Waals surface area contributed by atoms with Crippen molar-refractivity contribution in [3.63, 3.8) is 0 Å². The molecule has 2 aromatic rings. The molecule has 0 radical (unpaired) electrons. The topological polar surface area (TPSA) is 38.7 Å². The maximum Gasteiger partial charge on any atom is 0.261 e. The molecule has 0 aliphatic carbocycles. The molecule has 2 rings (SSSR count). The molecule has 0 heterocycles. The second-order valence-electron chi connectivity index (χ2n) is 7.73. The Morgan fingerprint density at radius 3 is 1.93 bits per heavy atom. The van der Waals surface area contributed by atoms with Crippen LogP contribution >= 0.6 is 0 Å². The van der Waals surface area contributed by atoms with Crippen LogP contribution in [0.5, 0.6) is 0 Å². The minimum atomic E-state index is -2.57. The van der Waals surface area contributed by atoms with Crippen molar-refractivity contribution in [2.45, 2.75) is 38.3 Å². The van der Waals surface area contributed by atoms with Crippen molar-refractivity contribution in [3.8, 4) is 0 Å². The van der Waals surface area contributed by atoms with Gasteiger partial charge >= 0.3 is 0 Å². The summed E-state index contributed by atoms with van der Waals surface area (Å²) in [5.74, 6) is 0. The summed E-state index contributed by atoms with van der Waals surface area (Å²) in [5, 5.41) is 11.8. The number of aliphatic hydroxyl groups excluding tert-OH is 1. The number of hydrogen-bond acceptors (Lipinski definition) is 3. The fraction of sp³-hybridized carbons (Fsp3) is 0.391. The summed E-state index contributed by atoms with van der Waals surface area (Å²) in [4.78, 5) is 0. The van der Waals surface area contributed by atoms with Gasteiger partial charge in [-0.05, 0) is 21.8 Å². The Morgan fingerprint density at radius 1 is 1.00 bits per heavy atom. The Kier molecular flexibility index (Phi) is 7.99. The molecule has 0 aliphatic rings. The van der Waals surface area contributed by atoms with Gasteiger partial charge in [-0.3, -0.25) is 0 Å². The van der Waals surface area contributed by atoms with Crippen LogP contribution in [0.25, 0.3) is 0 Å². The van der Waals surface area contributed by atoms with Crippen molar-refractivity contribution in [2.75, 3.05) is 19.8 Å². The smallest absolute Gasteiger partial charge is 0.261 e. The SMILES string of the molecule is C=CCO[C@H](CCO)CO[Si](c1ccccc1)(c1ccccc1)C(C)(C)C. The van der Waals surface area contributed by atoms with Crippen LogP contribution in [0.3, 0.4) is 0 Å². The van der Waals surface area contributed by atoms with Crippen molar-refractivity contribution in [2.24, 2.45) is 0 Å². The predicted octanol–water partition coefficient (Wildman–Crippen LogP) is 3.52. The average Bonchev–Trinajstić information content (AvgIpc) is 2.67. The fourth-order valence-corrected chi connectivity index (χ4v) is 8.13. The number of ether oxygens (including phenoxy) is 1. The molecule has 0 bridgehead atoms. The average molecular weight is 385 g/mol. The molecular formula is C23H32O3Si. The highest BCUT2D eigenvalue weighted by Crippen LogP contribution is 2.36. The first-order valence-electron chi connectivity index (χ1n) is 9.54. The molecule has 1 N–H and O–H groups in total. The molecular weight excluding hydrogens is 352 g/mol. The Balaban J connectivity index is 2.47. The third-order valence-corrected chi connectivity index (χ3v) is 9.81. The molecule has 0 aromatic heterocycles. The van der Waals surface area contributed by atoms with Gasteiger partial charge in [-0.15, -0.1) is 6.58 Å². The van der Waals surface area contributed by atoms with Gasteiger partial charge in [0.15, 0.2) is 0 Å². The highest BCUT2D eigenvalue weighted by molar-refractivity contribution is 6.99. The lowest BCUT2D eigenvalue weighted by atomic mass is 10.2. The molecule has 0 aliphatic heterocycles. The maximum absolute atomic E-state index is 9.41. The first-order chi connectivity index (χ1) is 13.0. The highest BCUT2D eigenvalue weighted by Gasteiger charge is 2.50. The lowest BCUT2D eigenvalue weighted by molar-refractivity contribution is 0.0179. The van der Waals surface area contributed by atoms with Gasteiger partial charge in [0.1, 0.15) is 0 Å². The van der Waals surface area contributed by atoms with Crippen LogP contribution in [-0.2, 0) is 9.16 Å². The molecule has 27 heavy (non-hydrogen) atoms. The van der Waals surface area contributed by atoms with E-state index in [0.717, 1.165) is 0 Å². The molecule has 1 atom stereocenters. The third-order valence-electron chi connectivity index (χ3n) is 4.80. The van der Waals surface area contributed by atoms with E-state index in [1.54, 1.807) is 6.08 Å². The summed E-state index contributed by atoms with van der Waals surface area (Å²) in [6.45, 7) is 11.5. The molecule has 0 amide bonds. The van der Waals surface area contributed by atoms with Gasteiger partial charge < -0.3 is 14.3 Å². The van der Waals surface area contributed by atoms with E-state index >= 15 is 0 Å². The molecule has 0 fully saturated rings. The summed E-state index contributed by atoms with van der Waals surface area (Å²) in [6, 6.07) is 21.1. The highest BCUT2D eigenvalue weighted by atomic mass is 28.4. The maximum atomic E-state index is 9.41. The van der Waals surface area contributed by atoms with Crippen LogP contribution in [0.15, 0.2) is 73.3 Å². The lowest BCUT2D eigenvalue weighted by Gasteiger charge is -2.43. The summed E-state index contributed by atoms with van der Waals surface area (Å²) in [5.41, 5.74) is 0. The predicted molar refractivity (Wildman–Crippen MR) is 115 cm³/mol. The van der Waals surface area contributed by atoms with Crippen LogP contribution in [0.2, 0.25) is 5.04 Å². The van der Waals surface area contributed by atoms with Crippen molar-refractivity contribution in [3.05, 3.63) is 73.3 Å². The van der Waals surface area contributed by atoms with Crippen LogP contribution in [0, 0.1) is 0 Å². The lowest BCUT2D eigenvalue weighted by Crippen LogP contribution is -2.67. The van der Waals surface area contributed by atoms with E-state index in [2.05, 4.69) is 75.9 Å². The van der Waals surface area contributed by atoms with E-state index in [9.17, 15) is 5.11 Å². The molecule has 0 saturated heterocycles. The van der Waals surface area contributed by atoms with Crippen LogP contribution in [0.4, 0.5) is 0 Å². The van der Waals surface area contributed by atoms with Crippen LogP contribution < -0.4 is 10.4 Å². The first kappa shape index (κ1) is 21.6. The Morgan fingerprint density at radius 2 is 1.52 bits per heavy atom. The monoisotopic (exact) mass is 384 g/mol. The van der Waals surface area contributed by atoms with E-state index in [-0.39, 0.29) is 17.7 Å². The van der Waals surface area contributed by atoms with Crippen molar-refractivity contribution in [1.29, 1.82) is 0 Å². The van der Waals surface area contributed by atoms with E-state index in [1.165, 1.54) is 10.4 Å². The summed E-state index contributed by atoms with van der Waals surface area (Å²) in [6.07, 6.45) is 2.12. The van der Waals surface area contributed by atoms with Crippen molar-refractivity contribution >= 4 is 18.7 Å². The molecule has 146 valence electrons. The fourth-order valence-electron chi connectivity index (χ4n) is 3.54. The quantitative estimate of drug-likeness (QED) is 0.503.